The fourth-order valence-electron chi connectivity index (χ4n) is 6.98. The van der Waals surface area contributed by atoms with E-state index in [0.717, 1.165) is 36.1 Å². The molecule has 11 heteroatoms. The standard InChI is InChI=1S/C35H46N5O5P/c1-21-14-27(21)30-28(20-44-38-30)35(6)16-29(46)32(41)40(35)22(2)24-8-7-9-25(15-24)31-36-17-26(18-37-31)43-19-23-10-12-39(13-11-23)33(42)45-34(3,4)5/h7-9,15-18,21-23,27-28H,10-14,19-20,46H2,1-6H3/t21?,22?,27-,28?,35?/m0/s1. The van der Waals surface area contributed by atoms with E-state index in [-0.39, 0.29) is 24.0 Å². The molecule has 0 radical (unpaired) electrons. The van der Waals surface area contributed by atoms with Crippen LogP contribution in [-0.2, 0) is 14.4 Å². The van der Waals surface area contributed by atoms with E-state index in [1.54, 1.807) is 17.3 Å². The molecule has 246 valence electrons. The molecule has 6 atom stereocenters. The molecule has 2 amide bonds. The molecule has 2 aromatic rings. The molecule has 3 aliphatic heterocycles. The van der Waals surface area contributed by atoms with E-state index in [2.05, 4.69) is 63.3 Å². The van der Waals surface area contributed by atoms with Crippen LogP contribution in [0.1, 0.15) is 72.4 Å². The fraction of sp³-hybridized carbons (Fsp3) is 0.571. The Hall–Kier alpha value is -3.52. The Labute approximate surface area is 274 Å². The maximum Gasteiger partial charge on any atom is 0.410 e. The van der Waals surface area contributed by atoms with Crippen LogP contribution in [0.2, 0.25) is 0 Å². The number of rotatable bonds is 8. The summed E-state index contributed by atoms with van der Waals surface area (Å²) in [5.41, 5.74) is 1.92. The molecule has 1 saturated carbocycles. The van der Waals surface area contributed by atoms with Crippen molar-refractivity contribution >= 4 is 27.0 Å². The van der Waals surface area contributed by atoms with E-state index in [1.807, 2.05) is 37.8 Å². The average Bonchev–Trinajstić information content (AvgIpc) is 3.44. The lowest BCUT2D eigenvalue weighted by molar-refractivity contribution is -0.132. The number of hydrogen-bond donors (Lipinski definition) is 0. The molecule has 5 unspecified atom stereocenters. The highest BCUT2D eigenvalue weighted by Gasteiger charge is 2.55. The number of carbonyl (C=O) groups is 2. The third-order valence-corrected chi connectivity index (χ3v) is 10.2. The Bertz CT molecular complexity index is 1530. The van der Waals surface area contributed by atoms with Gasteiger partial charge in [0.2, 0.25) is 0 Å². The lowest BCUT2D eigenvalue weighted by atomic mass is 9.79. The fourth-order valence-corrected chi connectivity index (χ4v) is 7.46. The minimum atomic E-state index is -0.553. The molecule has 4 aliphatic rings. The van der Waals surface area contributed by atoms with E-state index < -0.39 is 11.1 Å². The van der Waals surface area contributed by atoms with Gasteiger partial charge < -0.3 is 24.1 Å². The van der Waals surface area contributed by atoms with Crippen molar-refractivity contribution in [3.63, 3.8) is 0 Å². The Kier molecular flexibility index (Phi) is 8.87. The summed E-state index contributed by atoms with van der Waals surface area (Å²) in [4.78, 5) is 44.6. The molecule has 1 aliphatic carbocycles. The number of likely N-dealkylation sites (tertiary alicyclic amines) is 1. The van der Waals surface area contributed by atoms with Gasteiger partial charge in [0, 0.05) is 29.9 Å². The van der Waals surface area contributed by atoms with Gasteiger partial charge in [-0.2, -0.15) is 0 Å². The zero-order valence-electron chi connectivity index (χ0n) is 27.7. The van der Waals surface area contributed by atoms with Crippen LogP contribution in [0, 0.1) is 23.7 Å². The van der Waals surface area contributed by atoms with Crippen molar-refractivity contribution in [2.75, 3.05) is 26.3 Å². The largest absolute Gasteiger partial charge is 0.490 e. The van der Waals surface area contributed by atoms with E-state index >= 15 is 0 Å². The molecule has 2 fully saturated rings. The molecule has 6 rings (SSSR count). The van der Waals surface area contributed by atoms with Crippen molar-refractivity contribution in [1.82, 2.24) is 19.8 Å². The van der Waals surface area contributed by atoms with Crippen LogP contribution in [0.15, 0.2) is 53.2 Å². The molecular formula is C35H46N5O5P. The van der Waals surface area contributed by atoms with Crippen LogP contribution in [0.5, 0.6) is 5.75 Å². The lowest BCUT2D eigenvalue weighted by Crippen LogP contribution is -2.53. The van der Waals surface area contributed by atoms with Gasteiger partial charge in [-0.25, -0.2) is 14.8 Å². The monoisotopic (exact) mass is 647 g/mol. The maximum atomic E-state index is 13.6. The number of oxime groups is 1. The number of hydrogen-bond acceptors (Lipinski definition) is 8. The molecule has 1 saturated heterocycles. The number of piperidine rings is 1. The predicted molar refractivity (Wildman–Crippen MR) is 179 cm³/mol. The lowest BCUT2D eigenvalue weighted by Gasteiger charge is -2.43. The van der Waals surface area contributed by atoms with Gasteiger partial charge in [0.15, 0.2) is 11.6 Å². The van der Waals surface area contributed by atoms with Crippen molar-refractivity contribution in [3.05, 3.63) is 53.6 Å². The van der Waals surface area contributed by atoms with Gasteiger partial charge in [0.25, 0.3) is 5.91 Å². The summed E-state index contributed by atoms with van der Waals surface area (Å²) >= 11 is 0. The molecule has 0 N–H and O–H groups in total. The normalized spacial score (nSPS) is 27.2. The summed E-state index contributed by atoms with van der Waals surface area (Å²) in [6.45, 7) is 14.4. The van der Waals surface area contributed by atoms with E-state index in [9.17, 15) is 9.59 Å². The van der Waals surface area contributed by atoms with Crippen LogP contribution in [0.3, 0.4) is 0 Å². The molecule has 4 heterocycles. The first-order chi connectivity index (χ1) is 21.8. The number of amides is 2. The van der Waals surface area contributed by atoms with Gasteiger partial charge in [0.05, 0.1) is 42.2 Å². The molecule has 10 nitrogen and oxygen atoms in total. The van der Waals surface area contributed by atoms with Crippen LogP contribution in [0.4, 0.5) is 4.79 Å². The molecule has 1 aromatic heterocycles. The number of carbonyl (C=O) groups excluding carboxylic acids is 2. The SMILES string of the molecule is CC1C[C@@H]1C1=NOCC1C1(C)C=C(P)C(=O)N1C(C)c1cccc(-c2ncc(OCC3CCN(C(=O)OC(C)(C)C)CC3)cn2)c1. The highest BCUT2D eigenvalue weighted by molar-refractivity contribution is 7.25. The summed E-state index contributed by atoms with van der Waals surface area (Å²) in [6.07, 6.45) is 8.08. The van der Waals surface area contributed by atoms with Crippen LogP contribution in [-0.4, -0.2) is 74.9 Å². The third kappa shape index (κ3) is 6.64. The molecular weight excluding hydrogens is 601 g/mol. The molecule has 0 bridgehead atoms. The first kappa shape index (κ1) is 32.4. The summed E-state index contributed by atoms with van der Waals surface area (Å²) in [5, 5.41) is 5.13. The zero-order chi connectivity index (χ0) is 32.8. The summed E-state index contributed by atoms with van der Waals surface area (Å²) < 4.78 is 11.5. The van der Waals surface area contributed by atoms with Gasteiger partial charge in [-0.15, -0.1) is 0 Å². The number of aromatic nitrogens is 2. The van der Waals surface area contributed by atoms with Crippen LogP contribution in [0.25, 0.3) is 11.4 Å². The number of nitrogens with zero attached hydrogens (tertiary/aromatic N) is 5. The average molecular weight is 648 g/mol. The van der Waals surface area contributed by atoms with E-state index in [1.165, 1.54) is 0 Å². The Morgan fingerprint density at radius 3 is 2.54 bits per heavy atom. The van der Waals surface area contributed by atoms with E-state index in [0.29, 0.717) is 60.9 Å². The maximum absolute atomic E-state index is 13.6. The smallest absolute Gasteiger partial charge is 0.410 e. The summed E-state index contributed by atoms with van der Waals surface area (Å²) in [5.74, 6) is 2.61. The van der Waals surface area contributed by atoms with Gasteiger partial charge >= 0.3 is 6.09 Å². The second kappa shape index (κ2) is 12.6. The van der Waals surface area contributed by atoms with Crippen molar-refractivity contribution < 1.29 is 23.9 Å². The first-order valence-corrected chi connectivity index (χ1v) is 17.0. The highest BCUT2D eigenvalue weighted by atomic mass is 31.0. The number of ether oxygens (including phenoxy) is 2. The summed E-state index contributed by atoms with van der Waals surface area (Å²) in [7, 11) is 2.63. The molecule has 0 spiro atoms. The van der Waals surface area contributed by atoms with Crippen LogP contribution < -0.4 is 4.74 Å². The molecule has 1 aromatic carbocycles. The quantitative estimate of drug-likeness (QED) is 0.312. The Balaban J connectivity index is 1.09. The Morgan fingerprint density at radius 1 is 1.20 bits per heavy atom. The zero-order valence-corrected chi connectivity index (χ0v) is 28.9. The summed E-state index contributed by atoms with van der Waals surface area (Å²) in [6, 6.07) is 7.89. The van der Waals surface area contributed by atoms with Gasteiger partial charge in [-0.3, -0.25) is 4.79 Å². The molecule has 46 heavy (non-hydrogen) atoms. The first-order valence-electron chi connectivity index (χ1n) is 16.4. The van der Waals surface area contributed by atoms with Crippen molar-refractivity contribution in [2.45, 2.75) is 78.0 Å². The minimum absolute atomic E-state index is 0.00812. The van der Waals surface area contributed by atoms with Gasteiger partial charge in [-0.1, -0.05) is 39.5 Å². The van der Waals surface area contributed by atoms with Crippen molar-refractivity contribution in [2.24, 2.45) is 28.8 Å². The second-order valence-electron chi connectivity index (χ2n) is 14.5. The number of benzene rings is 1. The van der Waals surface area contributed by atoms with Crippen molar-refractivity contribution in [1.29, 1.82) is 0 Å². The van der Waals surface area contributed by atoms with Crippen LogP contribution >= 0.6 is 9.24 Å². The Morgan fingerprint density at radius 2 is 1.89 bits per heavy atom. The minimum Gasteiger partial charge on any atom is -0.490 e. The van der Waals surface area contributed by atoms with Gasteiger partial charge in [0.1, 0.15) is 12.2 Å². The van der Waals surface area contributed by atoms with E-state index in [4.69, 9.17) is 14.3 Å². The predicted octanol–water partition coefficient (Wildman–Crippen LogP) is 6.25. The third-order valence-electron chi connectivity index (χ3n) is 9.79. The van der Waals surface area contributed by atoms with Crippen molar-refractivity contribution in [3.8, 4) is 17.1 Å². The van der Waals surface area contributed by atoms with Gasteiger partial charge in [-0.05, 0) is 83.4 Å². The topological polar surface area (TPSA) is 106 Å². The highest BCUT2D eigenvalue weighted by Crippen LogP contribution is 2.49. The second-order valence-corrected chi connectivity index (χ2v) is 15.1.